The maximum Gasteiger partial charge on any atom is 0.338 e. The van der Waals surface area contributed by atoms with Crippen LogP contribution in [0.3, 0.4) is 0 Å². The number of hydrogen-bond acceptors (Lipinski definition) is 5. The van der Waals surface area contributed by atoms with E-state index < -0.39 is 24.0 Å². The van der Waals surface area contributed by atoms with Crippen LogP contribution in [-0.4, -0.2) is 30.6 Å². The molecule has 3 amide bonds. The molecule has 0 bridgehead atoms. The van der Waals surface area contributed by atoms with E-state index in [9.17, 15) is 14.4 Å². The van der Waals surface area contributed by atoms with Gasteiger partial charge in [0, 0.05) is 6.54 Å². The van der Waals surface area contributed by atoms with Gasteiger partial charge >= 0.3 is 12.0 Å². The standard InChI is InChI=1S/C24H30N2O5/c1-6-25-23(29)26-21(27)16(2)31-22(28)18-9-7-17(8-10-18)15-30-20-13-11-19(12-14-20)24(3,4)5/h7-14,16H,6,15H2,1-5H3,(H2,25,26,27,29). The van der Waals surface area contributed by atoms with E-state index in [4.69, 9.17) is 9.47 Å². The molecule has 0 saturated heterocycles. The number of benzene rings is 2. The van der Waals surface area contributed by atoms with E-state index in [1.807, 2.05) is 12.1 Å². The van der Waals surface area contributed by atoms with Crippen molar-refractivity contribution in [2.24, 2.45) is 0 Å². The highest BCUT2D eigenvalue weighted by molar-refractivity contribution is 5.98. The van der Waals surface area contributed by atoms with Gasteiger partial charge in [-0.2, -0.15) is 0 Å². The SMILES string of the molecule is CCNC(=O)NC(=O)C(C)OC(=O)c1ccc(COc2ccc(C(C)(C)C)cc2)cc1. The Labute approximate surface area is 183 Å². The predicted molar refractivity (Wildman–Crippen MR) is 118 cm³/mol. The Hall–Kier alpha value is -3.35. The van der Waals surface area contributed by atoms with Gasteiger partial charge in [0.25, 0.3) is 5.91 Å². The average Bonchev–Trinajstić information content (AvgIpc) is 2.72. The van der Waals surface area contributed by atoms with Gasteiger partial charge < -0.3 is 14.8 Å². The number of urea groups is 1. The molecule has 0 aliphatic carbocycles. The Morgan fingerprint density at radius 2 is 1.58 bits per heavy atom. The molecule has 0 radical (unpaired) electrons. The molecule has 0 aliphatic rings. The number of imide groups is 1. The van der Waals surface area contributed by atoms with Crippen molar-refractivity contribution < 1.29 is 23.9 Å². The minimum Gasteiger partial charge on any atom is -0.489 e. The Morgan fingerprint density at radius 3 is 2.13 bits per heavy atom. The topological polar surface area (TPSA) is 93.7 Å². The molecule has 0 aromatic heterocycles. The Bertz CT molecular complexity index is 899. The highest BCUT2D eigenvalue weighted by atomic mass is 16.5. The van der Waals surface area contributed by atoms with Crippen molar-refractivity contribution in [3.63, 3.8) is 0 Å². The molecule has 0 saturated carbocycles. The first-order valence-electron chi connectivity index (χ1n) is 10.2. The smallest absolute Gasteiger partial charge is 0.338 e. The van der Waals surface area contributed by atoms with E-state index in [-0.39, 0.29) is 5.41 Å². The van der Waals surface area contributed by atoms with Crippen LogP contribution in [0.15, 0.2) is 48.5 Å². The van der Waals surface area contributed by atoms with E-state index in [2.05, 4.69) is 43.5 Å². The van der Waals surface area contributed by atoms with Crippen LogP contribution in [0.2, 0.25) is 0 Å². The van der Waals surface area contributed by atoms with Crippen LogP contribution < -0.4 is 15.4 Å². The van der Waals surface area contributed by atoms with Crippen molar-refractivity contribution >= 4 is 17.9 Å². The number of amides is 3. The van der Waals surface area contributed by atoms with Gasteiger partial charge in [-0.3, -0.25) is 10.1 Å². The predicted octanol–water partition coefficient (Wildman–Crippen LogP) is 3.95. The number of rotatable bonds is 7. The van der Waals surface area contributed by atoms with Gasteiger partial charge in [0.2, 0.25) is 0 Å². The summed E-state index contributed by atoms with van der Waals surface area (Å²) in [7, 11) is 0. The molecule has 31 heavy (non-hydrogen) atoms. The monoisotopic (exact) mass is 426 g/mol. The molecule has 2 aromatic rings. The maximum atomic E-state index is 12.2. The van der Waals surface area contributed by atoms with Crippen molar-refractivity contribution in [1.29, 1.82) is 0 Å². The highest BCUT2D eigenvalue weighted by Crippen LogP contribution is 2.24. The summed E-state index contributed by atoms with van der Waals surface area (Å²) in [6.07, 6.45) is -1.10. The fourth-order valence-corrected chi connectivity index (χ4v) is 2.66. The highest BCUT2D eigenvalue weighted by Gasteiger charge is 2.20. The Kier molecular flexibility index (Phi) is 8.19. The molecule has 1 unspecified atom stereocenters. The second-order valence-corrected chi connectivity index (χ2v) is 8.16. The second kappa shape index (κ2) is 10.6. The van der Waals surface area contributed by atoms with Gasteiger partial charge in [-0.05, 0) is 54.7 Å². The van der Waals surface area contributed by atoms with Gasteiger partial charge in [-0.25, -0.2) is 9.59 Å². The molecule has 0 spiro atoms. The molecule has 0 heterocycles. The molecule has 2 aromatic carbocycles. The van der Waals surface area contributed by atoms with Crippen molar-refractivity contribution in [2.45, 2.75) is 52.7 Å². The third-order valence-electron chi connectivity index (χ3n) is 4.54. The van der Waals surface area contributed by atoms with E-state index in [0.717, 1.165) is 11.3 Å². The van der Waals surface area contributed by atoms with Crippen molar-refractivity contribution in [3.05, 3.63) is 65.2 Å². The maximum absolute atomic E-state index is 12.2. The van der Waals surface area contributed by atoms with Gasteiger partial charge in [0.05, 0.1) is 5.56 Å². The van der Waals surface area contributed by atoms with Crippen molar-refractivity contribution in [3.8, 4) is 5.75 Å². The minimum atomic E-state index is -1.10. The summed E-state index contributed by atoms with van der Waals surface area (Å²) in [6.45, 7) is 10.3. The van der Waals surface area contributed by atoms with Crippen LogP contribution in [0.4, 0.5) is 4.79 Å². The lowest BCUT2D eigenvalue weighted by molar-refractivity contribution is -0.127. The summed E-state index contributed by atoms with van der Waals surface area (Å²) in [5, 5.41) is 4.54. The average molecular weight is 427 g/mol. The van der Waals surface area contributed by atoms with Gasteiger partial charge in [0.1, 0.15) is 12.4 Å². The molecule has 2 N–H and O–H groups in total. The van der Waals surface area contributed by atoms with Gasteiger partial charge in [-0.1, -0.05) is 45.0 Å². The van der Waals surface area contributed by atoms with Crippen LogP contribution in [0, 0.1) is 0 Å². The lowest BCUT2D eigenvalue weighted by Gasteiger charge is -2.19. The molecule has 7 nitrogen and oxygen atoms in total. The van der Waals surface area contributed by atoms with Crippen LogP contribution >= 0.6 is 0 Å². The van der Waals surface area contributed by atoms with Gasteiger partial charge in [-0.15, -0.1) is 0 Å². The van der Waals surface area contributed by atoms with Crippen LogP contribution in [0.25, 0.3) is 0 Å². The first kappa shape index (κ1) is 23.9. The summed E-state index contributed by atoms with van der Waals surface area (Å²) in [5.41, 5.74) is 2.51. The molecule has 166 valence electrons. The number of ether oxygens (including phenoxy) is 2. The zero-order valence-corrected chi connectivity index (χ0v) is 18.7. The normalized spacial score (nSPS) is 11.9. The van der Waals surface area contributed by atoms with E-state index >= 15 is 0 Å². The quantitative estimate of drug-likeness (QED) is 0.654. The lowest BCUT2D eigenvalue weighted by atomic mass is 9.87. The first-order chi connectivity index (χ1) is 14.6. The summed E-state index contributed by atoms with van der Waals surface area (Å²) in [4.78, 5) is 35.5. The number of carbonyl (C=O) groups is 3. The summed E-state index contributed by atoms with van der Waals surface area (Å²) < 4.78 is 10.9. The van der Waals surface area contributed by atoms with Crippen LogP contribution in [0.1, 0.15) is 56.1 Å². The minimum absolute atomic E-state index is 0.0864. The zero-order chi connectivity index (χ0) is 23.0. The Morgan fingerprint density at radius 1 is 0.968 bits per heavy atom. The molecule has 0 aliphatic heterocycles. The van der Waals surface area contributed by atoms with E-state index in [1.165, 1.54) is 12.5 Å². The van der Waals surface area contributed by atoms with Crippen molar-refractivity contribution in [2.75, 3.05) is 6.54 Å². The number of carbonyl (C=O) groups excluding carboxylic acids is 3. The molecule has 1 atom stereocenters. The number of hydrogen-bond donors (Lipinski definition) is 2. The molecule has 7 heteroatoms. The fraction of sp³-hybridized carbons (Fsp3) is 0.375. The molecular formula is C24H30N2O5. The van der Waals surface area contributed by atoms with E-state index in [0.29, 0.717) is 18.7 Å². The van der Waals surface area contributed by atoms with Crippen LogP contribution in [0.5, 0.6) is 5.75 Å². The Balaban J connectivity index is 1.87. The zero-order valence-electron chi connectivity index (χ0n) is 18.7. The second-order valence-electron chi connectivity index (χ2n) is 8.16. The van der Waals surface area contributed by atoms with E-state index in [1.54, 1.807) is 31.2 Å². The molecular weight excluding hydrogens is 396 g/mol. The third kappa shape index (κ3) is 7.44. The molecule has 0 fully saturated rings. The number of nitrogens with one attached hydrogen (secondary N) is 2. The summed E-state index contributed by atoms with van der Waals surface area (Å²) in [6, 6.07) is 14.1. The first-order valence-corrected chi connectivity index (χ1v) is 10.2. The van der Waals surface area contributed by atoms with Crippen LogP contribution in [-0.2, 0) is 21.6 Å². The summed E-state index contributed by atoms with van der Waals surface area (Å²) >= 11 is 0. The number of esters is 1. The summed E-state index contributed by atoms with van der Waals surface area (Å²) in [5.74, 6) is -0.575. The fourth-order valence-electron chi connectivity index (χ4n) is 2.66. The van der Waals surface area contributed by atoms with Gasteiger partial charge in [0.15, 0.2) is 6.10 Å². The lowest BCUT2D eigenvalue weighted by Crippen LogP contribution is -2.44. The third-order valence-corrected chi connectivity index (χ3v) is 4.54. The molecule has 2 rings (SSSR count). The largest absolute Gasteiger partial charge is 0.489 e. The van der Waals surface area contributed by atoms with Crippen molar-refractivity contribution in [1.82, 2.24) is 10.6 Å².